The highest BCUT2D eigenvalue weighted by Gasteiger charge is 2.39. The first kappa shape index (κ1) is 10.5. The molecule has 1 aliphatic carbocycles. The van der Waals surface area contributed by atoms with Gasteiger partial charge in [0.05, 0.1) is 0 Å². The molecule has 2 aromatic rings. The molecule has 0 aromatic heterocycles. The van der Waals surface area contributed by atoms with Gasteiger partial charge in [0, 0.05) is 5.54 Å². The highest BCUT2D eigenvalue weighted by Crippen LogP contribution is 2.42. The minimum absolute atomic E-state index is 0.0820. The Labute approximate surface area is 100 Å². The second-order valence-corrected chi connectivity index (χ2v) is 4.74. The minimum atomic E-state index is -0.204. The van der Waals surface area contributed by atoms with Gasteiger partial charge >= 0.3 is 0 Å². The van der Waals surface area contributed by atoms with Gasteiger partial charge < -0.3 is 5.73 Å². The fraction of sp³-hybridized carbons (Fsp3) is 0.200. The first-order chi connectivity index (χ1) is 8.17. The number of hydrogen-bond donors (Lipinski definition) is 1. The predicted molar refractivity (Wildman–Crippen MR) is 66.9 cm³/mol. The lowest BCUT2D eigenvalue weighted by Crippen LogP contribution is -2.18. The molecular weight excluding hydrogens is 213 g/mol. The van der Waals surface area contributed by atoms with Crippen molar-refractivity contribution in [3.05, 3.63) is 59.9 Å². The Morgan fingerprint density at radius 2 is 1.29 bits per heavy atom. The van der Waals surface area contributed by atoms with E-state index in [0.29, 0.717) is 0 Å². The van der Waals surface area contributed by atoms with Crippen LogP contribution in [-0.2, 0) is 5.54 Å². The van der Waals surface area contributed by atoms with E-state index in [1.165, 1.54) is 17.7 Å². The Bertz CT molecular complexity index is 524. The summed E-state index contributed by atoms with van der Waals surface area (Å²) in [6, 6.07) is 14.8. The van der Waals surface area contributed by atoms with Crippen LogP contribution in [0.25, 0.3) is 11.1 Å². The van der Waals surface area contributed by atoms with Gasteiger partial charge in [0.1, 0.15) is 5.82 Å². The summed E-state index contributed by atoms with van der Waals surface area (Å²) >= 11 is 0. The molecule has 17 heavy (non-hydrogen) atoms. The molecule has 2 heteroatoms. The minimum Gasteiger partial charge on any atom is -0.321 e. The highest BCUT2D eigenvalue weighted by molar-refractivity contribution is 5.63. The van der Waals surface area contributed by atoms with Crippen LogP contribution in [-0.4, -0.2) is 0 Å². The molecule has 0 unspecified atom stereocenters. The molecule has 0 amide bonds. The lowest BCUT2D eigenvalue weighted by atomic mass is 10.00. The van der Waals surface area contributed by atoms with Crippen molar-refractivity contribution in [3.63, 3.8) is 0 Å². The second kappa shape index (κ2) is 3.67. The maximum Gasteiger partial charge on any atom is 0.123 e. The molecule has 1 nitrogen and oxygen atoms in total. The van der Waals surface area contributed by atoms with Crippen molar-refractivity contribution in [2.75, 3.05) is 0 Å². The molecular formula is C15H14FN. The van der Waals surface area contributed by atoms with Crippen LogP contribution in [0.2, 0.25) is 0 Å². The summed E-state index contributed by atoms with van der Waals surface area (Å²) in [4.78, 5) is 0. The summed E-state index contributed by atoms with van der Waals surface area (Å²) in [5.41, 5.74) is 9.37. The topological polar surface area (TPSA) is 26.0 Å². The van der Waals surface area contributed by atoms with Gasteiger partial charge in [-0.1, -0.05) is 36.4 Å². The van der Waals surface area contributed by atoms with Crippen molar-refractivity contribution in [2.45, 2.75) is 18.4 Å². The monoisotopic (exact) mass is 227 g/mol. The standard InChI is InChI=1S/C15H14FN/c16-14-7-3-12(4-8-14)11-1-5-13(6-2-11)15(17)9-10-15/h1-8H,9-10,17H2. The summed E-state index contributed by atoms with van der Waals surface area (Å²) in [6.45, 7) is 0. The van der Waals surface area contributed by atoms with Crippen LogP contribution in [0.5, 0.6) is 0 Å². The Hall–Kier alpha value is -1.67. The van der Waals surface area contributed by atoms with Gasteiger partial charge in [-0.15, -0.1) is 0 Å². The van der Waals surface area contributed by atoms with E-state index in [1.54, 1.807) is 12.1 Å². The fourth-order valence-electron chi connectivity index (χ4n) is 2.06. The average molecular weight is 227 g/mol. The number of hydrogen-bond acceptors (Lipinski definition) is 1. The second-order valence-electron chi connectivity index (χ2n) is 4.74. The van der Waals surface area contributed by atoms with E-state index in [-0.39, 0.29) is 11.4 Å². The van der Waals surface area contributed by atoms with Crippen LogP contribution in [0.4, 0.5) is 4.39 Å². The SMILES string of the molecule is NC1(c2ccc(-c3ccc(F)cc3)cc2)CC1. The quantitative estimate of drug-likeness (QED) is 0.835. The first-order valence-electron chi connectivity index (χ1n) is 5.83. The van der Waals surface area contributed by atoms with Gasteiger partial charge in [-0.25, -0.2) is 4.39 Å². The number of rotatable bonds is 2. The van der Waals surface area contributed by atoms with Crippen LogP contribution < -0.4 is 5.73 Å². The Morgan fingerprint density at radius 3 is 1.76 bits per heavy atom. The van der Waals surface area contributed by atoms with Crippen molar-refractivity contribution in [1.29, 1.82) is 0 Å². The van der Waals surface area contributed by atoms with Crippen LogP contribution >= 0.6 is 0 Å². The van der Waals surface area contributed by atoms with Crippen LogP contribution in [0.15, 0.2) is 48.5 Å². The van der Waals surface area contributed by atoms with Gasteiger partial charge in [0.15, 0.2) is 0 Å². The molecule has 0 radical (unpaired) electrons. The maximum absolute atomic E-state index is 12.8. The van der Waals surface area contributed by atoms with E-state index in [0.717, 1.165) is 24.0 Å². The zero-order valence-corrected chi connectivity index (χ0v) is 9.49. The zero-order chi connectivity index (χ0) is 11.9. The Kier molecular flexibility index (Phi) is 2.26. The number of nitrogens with two attached hydrogens (primary N) is 1. The summed E-state index contributed by atoms with van der Waals surface area (Å²) in [5, 5.41) is 0. The van der Waals surface area contributed by atoms with Crippen molar-refractivity contribution in [1.82, 2.24) is 0 Å². The highest BCUT2D eigenvalue weighted by atomic mass is 19.1. The number of benzene rings is 2. The first-order valence-corrected chi connectivity index (χ1v) is 5.83. The van der Waals surface area contributed by atoms with E-state index in [1.807, 2.05) is 0 Å². The van der Waals surface area contributed by atoms with E-state index in [2.05, 4.69) is 24.3 Å². The van der Waals surface area contributed by atoms with Gasteiger partial charge in [0.2, 0.25) is 0 Å². The third-order valence-corrected chi connectivity index (χ3v) is 3.43. The normalized spacial score (nSPS) is 16.8. The molecule has 0 spiro atoms. The molecule has 0 saturated heterocycles. The molecule has 1 fully saturated rings. The number of halogens is 1. The third-order valence-electron chi connectivity index (χ3n) is 3.43. The molecule has 1 saturated carbocycles. The van der Waals surface area contributed by atoms with E-state index < -0.39 is 0 Å². The smallest absolute Gasteiger partial charge is 0.123 e. The van der Waals surface area contributed by atoms with Crippen molar-refractivity contribution in [2.24, 2.45) is 5.73 Å². The summed E-state index contributed by atoms with van der Waals surface area (Å²) < 4.78 is 12.8. The Morgan fingerprint density at radius 1 is 0.824 bits per heavy atom. The van der Waals surface area contributed by atoms with Gasteiger partial charge in [-0.05, 0) is 41.7 Å². The molecule has 3 rings (SSSR count). The van der Waals surface area contributed by atoms with Gasteiger partial charge in [-0.2, -0.15) is 0 Å². The zero-order valence-electron chi connectivity index (χ0n) is 9.49. The molecule has 86 valence electrons. The summed E-state index contributed by atoms with van der Waals surface area (Å²) in [6.07, 6.45) is 2.14. The largest absolute Gasteiger partial charge is 0.321 e. The molecule has 1 aliphatic rings. The lowest BCUT2D eigenvalue weighted by molar-refractivity contribution is 0.628. The predicted octanol–water partition coefficient (Wildman–Crippen LogP) is 3.44. The van der Waals surface area contributed by atoms with Gasteiger partial charge in [0.25, 0.3) is 0 Å². The summed E-state index contributed by atoms with van der Waals surface area (Å²) in [5.74, 6) is -0.204. The molecule has 0 heterocycles. The lowest BCUT2D eigenvalue weighted by Gasteiger charge is -2.10. The fourth-order valence-corrected chi connectivity index (χ4v) is 2.06. The van der Waals surface area contributed by atoms with E-state index in [9.17, 15) is 4.39 Å². The molecule has 0 bridgehead atoms. The molecule has 0 aliphatic heterocycles. The van der Waals surface area contributed by atoms with E-state index in [4.69, 9.17) is 5.73 Å². The van der Waals surface area contributed by atoms with Crippen LogP contribution in [0.1, 0.15) is 18.4 Å². The van der Waals surface area contributed by atoms with Crippen LogP contribution in [0.3, 0.4) is 0 Å². The van der Waals surface area contributed by atoms with Crippen molar-refractivity contribution >= 4 is 0 Å². The third kappa shape index (κ3) is 1.96. The average Bonchev–Trinajstić information content (AvgIpc) is 3.10. The summed E-state index contributed by atoms with van der Waals surface area (Å²) in [7, 11) is 0. The molecule has 0 atom stereocenters. The van der Waals surface area contributed by atoms with Crippen molar-refractivity contribution < 1.29 is 4.39 Å². The maximum atomic E-state index is 12.8. The van der Waals surface area contributed by atoms with Crippen LogP contribution in [0, 0.1) is 5.82 Å². The Balaban J connectivity index is 1.91. The van der Waals surface area contributed by atoms with Crippen molar-refractivity contribution in [3.8, 4) is 11.1 Å². The molecule has 2 aromatic carbocycles. The molecule has 2 N–H and O–H groups in total. The van der Waals surface area contributed by atoms with E-state index >= 15 is 0 Å². The van der Waals surface area contributed by atoms with Gasteiger partial charge in [-0.3, -0.25) is 0 Å².